The van der Waals surface area contributed by atoms with Gasteiger partial charge in [-0.2, -0.15) is 0 Å². The molecule has 0 spiro atoms. The van der Waals surface area contributed by atoms with Crippen LogP contribution in [0, 0.1) is 5.82 Å². The summed E-state index contributed by atoms with van der Waals surface area (Å²) in [5.74, 6) is 2.13. The smallest absolute Gasteiger partial charge is 0.247 e. The summed E-state index contributed by atoms with van der Waals surface area (Å²) in [6.45, 7) is 2.74. The van der Waals surface area contributed by atoms with Crippen molar-refractivity contribution in [1.82, 2.24) is 25.0 Å². The molecule has 4 aromatic rings. The molecule has 2 aromatic carbocycles. The molecule has 0 unspecified atom stereocenters. The topological polar surface area (TPSA) is 69.6 Å². The minimum Gasteiger partial charge on any atom is -0.419 e. The first-order valence-corrected chi connectivity index (χ1v) is 10.8. The summed E-state index contributed by atoms with van der Waals surface area (Å²) in [5.41, 5.74) is 1.90. The Kier molecular flexibility index (Phi) is 5.08. The van der Waals surface area contributed by atoms with Crippen molar-refractivity contribution in [2.75, 3.05) is 0 Å². The number of halogens is 1. The molecular formula is C22H20FN5OS. The largest absolute Gasteiger partial charge is 0.419 e. The fraction of sp³-hybridized carbons (Fsp3) is 0.273. The van der Waals surface area contributed by atoms with Crippen LogP contribution in [0.25, 0.3) is 11.5 Å². The van der Waals surface area contributed by atoms with Gasteiger partial charge in [-0.1, -0.05) is 42.1 Å². The van der Waals surface area contributed by atoms with Crippen LogP contribution in [0.5, 0.6) is 0 Å². The molecule has 5 rings (SSSR count). The van der Waals surface area contributed by atoms with Gasteiger partial charge in [0.1, 0.15) is 11.6 Å². The van der Waals surface area contributed by atoms with Gasteiger partial charge in [-0.25, -0.2) is 4.39 Å². The van der Waals surface area contributed by atoms with Crippen LogP contribution in [0.3, 0.4) is 0 Å². The van der Waals surface area contributed by atoms with Gasteiger partial charge < -0.3 is 8.98 Å². The second-order valence-electron chi connectivity index (χ2n) is 7.40. The molecule has 2 aromatic heterocycles. The number of nitrogens with zero attached hydrogens (tertiary/aromatic N) is 5. The number of aromatic nitrogens is 5. The minimum absolute atomic E-state index is 0.0996. The molecule has 0 bridgehead atoms. The van der Waals surface area contributed by atoms with E-state index in [0.29, 0.717) is 23.3 Å². The van der Waals surface area contributed by atoms with Gasteiger partial charge >= 0.3 is 0 Å². The van der Waals surface area contributed by atoms with Gasteiger partial charge in [0.25, 0.3) is 0 Å². The predicted octanol–water partition coefficient (Wildman–Crippen LogP) is 5.25. The maximum absolute atomic E-state index is 13.2. The average Bonchev–Trinajstić information content (AvgIpc) is 3.35. The highest BCUT2D eigenvalue weighted by Gasteiger charge is 2.31. The van der Waals surface area contributed by atoms with Crippen molar-refractivity contribution in [3.8, 4) is 11.5 Å². The number of benzene rings is 2. The molecule has 152 valence electrons. The Morgan fingerprint density at radius 2 is 1.80 bits per heavy atom. The Hall–Kier alpha value is -3.00. The van der Waals surface area contributed by atoms with E-state index in [0.717, 1.165) is 30.4 Å². The molecule has 0 aliphatic heterocycles. The van der Waals surface area contributed by atoms with Crippen LogP contribution in [0.1, 0.15) is 48.2 Å². The molecular weight excluding hydrogens is 401 g/mol. The molecule has 6 nitrogen and oxygen atoms in total. The third-order valence-corrected chi connectivity index (χ3v) is 6.10. The first-order chi connectivity index (χ1) is 14.7. The first kappa shape index (κ1) is 19.0. The Morgan fingerprint density at radius 3 is 2.53 bits per heavy atom. The number of rotatable bonds is 7. The summed E-state index contributed by atoms with van der Waals surface area (Å²) in [6.07, 6.45) is 2.33. The highest BCUT2D eigenvalue weighted by atomic mass is 32.2. The van der Waals surface area contributed by atoms with Crippen LogP contribution >= 0.6 is 11.8 Å². The lowest BCUT2D eigenvalue weighted by atomic mass is 10.2. The lowest BCUT2D eigenvalue weighted by molar-refractivity contribution is 0.508. The molecule has 1 saturated carbocycles. The van der Waals surface area contributed by atoms with Crippen LogP contribution in [0.4, 0.5) is 4.39 Å². The van der Waals surface area contributed by atoms with Crippen LogP contribution in [-0.2, 0) is 6.54 Å². The molecule has 0 saturated heterocycles. The summed E-state index contributed by atoms with van der Waals surface area (Å²) < 4.78 is 21.2. The maximum atomic E-state index is 13.2. The normalized spacial score (nSPS) is 14.7. The number of thioether (sulfide) groups is 1. The zero-order chi connectivity index (χ0) is 20.5. The maximum Gasteiger partial charge on any atom is 0.247 e. The lowest BCUT2D eigenvalue weighted by Crippen LogP contribution is -2.06. The van der Waals surface area contributed by atoms with Crippen molar-refractivity contribution in [2.24, 2.45) is 0 Å². The highest BCUT2D eigenvalue weighted by Crippen LogP contribution is 2.42. The van der Waals surface area contributed by atoms with Crippen molar-refractivity contribution >= 4 is 11.8 Å². The van der Waals surface area contributed by atoms with Gasteiger partial charge in [0, 0.05) is 11.5 Å². The molecule has 30 heavy (non-hydrogen) atoms. The Bertz CT molecular complexity index is 1140. The van der Waals surface area contributed by atoms with E-state index < -0.39 is 0 Å². The molecule has 8 heteroatoms. The number of hydrogen-bond acceptors (Lipinski definition) is 6. The zero-order valence-corrected chi connectivity index (χ0v) is 17.2. The van der Waals surface area contributed by atoms with Crippen LogP contribution in [-0.4, -0.2) is 25.0 Å². The summed E-state index contributed by atoms with van der Waals surface area (Å²) in [5, 5.41) is 18.0. The van der Waals surface area contributed by atoms with Crippen LogP contribution in [0.2, 0.25) is 0 Å². The Balaban J connectivity index is 1.37. The molecule has 1 aliphatic carbocycles. The van der Waals surface area contributed by atoms with E-state index in [-0.39, 0.29) is 11.1 Å². The van der Waals surface area contributed by atoms with E-state index in [2.05, 4.69) is 37.1 Å². The van der Waals surface area contributed by atoms with Crippen molar-refractivity contribution in [3.05, 3.63) is 77.7 Å². The van der Waals surface area contributed by atoms with Crippen molar-refractivity contribution in [2.45, 2.75) is 42.6 Å². The predicted molar refractivity (Wildman–Crippen MR) is 112 cm³/mol. The van der Waals surface area contributed by atoms with Gasteiger partial charge in [-0.15, -0.1) is 20.4 Å². The summed E-state index contributed by atoms with van der Waals surface area (Å²) in [6, 6.07) is 16.3. The van der Waals surface area contributed by atoms with Gasteiger partial charge in [0.15, 0.2) is 5.16 Å². The van der Waals surface area contributed by atoms with E-state index >= 15 is 0 Å². The zero-order valence-electron chi connectivity index (χ0n) is 16.4. The molecule has 1 atom stereocenters. The molecule has 2 heterocycles. The average molecular weight is 422 g/mol. The fourth-order valence-electron chi connectivity index (χ4n) is 3.26. The standard InChI is InChI=1S/C22H20FN5OS/c1-14(20-25-26-21(29-20)17-9-11-18(23)12-10-17)30-22-27-24-19(16-7-8-16)28(22)13-15-5-3-2-4-6-15/h2-6,9-12,14,16H,7-8,13H2,1H3/t14-/m0/s1. The summed E-state index contributed by atoms with van der Waals surface area (Å²) in [4.78, 5) is 0. The van der Waals surface area contributed by atoms with E-state index in [9.17, 15) is 4.39 Å². The Labute approximate surface area is 177 Å². The lowest BCUT2D eigenvalue weighted by Gasteiger charge is -2.11. The quantitative estimate of drug-likeness (QED) is 0.380. The van der Waals surface area contributed by atoms with E-state index in [1.807, 2.05) is 25.1 Å². The van der Waals surface area contributed by atoms with E-state index in [1.54, 1.807) is 23.9 Å². The second kappa shape index (κ2) is 8.02. The molecule has 0 amide bonds. The summed E-state index contributed by atoms with van der Waals surface area (Å²) >= 11 is 1.55. The SMILES string of the molecule is C[C@H](Sc1nnc(C2CC2)n1Cc1ccccc1)c1nnc(-c2ccc(F)cc2)o1. The monoisotopic (exact) mass is 421 g/mol. The third kappa shape index (κ3) is 4.00. The molecule has 0 N–H and O–H groups in total. The molecule has 1 aliphatic rings. The van der Waals surface area contributed by atoms with Crippen molar-refractivity contribution in [3.63, 3.8) is 0 Å². The molecule has 0 radical (unpaired) electrons. The Morgan fingerprint density at radius 1 is 1.03 bits per heavy atom. The fourth-order valence-corrected chi connectivity index (χ4v) is 4.15. The summed E-state index contributed by atoms with van der Waals surface area (Å²) in [7, 11) is 0. The van der Waals surface area contributed by atoms with Crippen LogP contribution < -0.4 is 0 Å². The van der Waals surface area contributed by atoms with Gasteiger partial charge in [0.2, 0.25) is 11.8 Å². The van der Waals surface area contributed by atoms with Crippen LogP contribution in [0.15, 0.2) is 64.2 Å². The highest BCUT2D eigenvalue weighted by molar-refractivity contribution is 7.99. The van der Waals surface area contributed by atoms with Gasteiger partial charge in [0.05, 0.1) is 11.8 Å². The van der Waals surface area contributed by atoms with E-state index in [1.165, 1.54) is 17.7 Å². The first-order valence-electron chi connectivity index (χ1n) is 9.90. The van der Waals surface area contributed by atoms with Gasteiger partial charge in [-0.05, 0) is 49.6 Å². The second-order valence-corrected chi connectivity index (χ2v) is 8.71. The number of hydrogen-bond donors (Lipinski definition) is 0. The third-order valence-electron chi connectivity index (χ3n) is 5.03. The van der Waals surface area contributed by atoms with Crippen molar-refractivity contribution < 1.29 is 8.81 Å². The molecule has 1 fully saturated rings. The van der Waals surface area contributed by atoms with Gasteiger partial charge in [-0.3, -0.25) is 0 Å². The van der Waals surface area contributed by atoms with Crippen molar-refractivity contribution in [1.29, 1.82) is 0 Å². The van der Waals surface area contributed by atoms with E-state index in [4.69, 9.17) is 4.42 Å². The minimum atomic E-state index is -0.299.